The van der Waals surface area contributed by atoms with Crippen LogP contribution in [0.2, 0.25) is 0 Å². The molecule has 8 aromatic rings. The van der Waals surface area contributed by atoms with Crippen molar-refractivity contribution in [1.82, 2.24) is 30.6 Å². The fourth-order valence-corrected chi connectivity index (χ4v) is 8.64. The zero-order valence-corrected chi connectivity index (χ0v) is 38.2. The molecule has 6 aromatic carbocycles. The van der Waals surface area contributed by atoms with Crippen LogP contribution in [0.25, 0.3) is 27.5 Å². The molecule has 2 unspecified atom stereocenters. The molecular formula is C52H47BF4N8O6. The van der Waals surface area contributed by atoms with Crippen molar-refractivity contribution < 1.29 is 46.8 Å². The van der Waals surface area contributed by atoms with E-state index < -0.39 is 54.9 Å². The number of aromatic nitrogens is 4. The molecule has 0 radical (unpaired) electrons. The maximum absolute atomic E-state index is 13.6. The minimum atomic E-state index is -3.54. The number of nitrogens with zero attached hydrogens (tertiary/aromatic N) is 5. The number of rotatable bonds is 10. The topological polar surface area (TPSA) is 186 Å². The molecule has 362 valence electrons. The summed E-state index contributed by atoms with van der Waals surface area (Å²) in [4.78, 5) is 53.0. The predicted molar refractivity (Wildman–Crippen MR) is 261 cm³/mol. The molecule has 4 amide bonds. The first-order chi connectivity index (χ1) is 34.0. The maximum Gasteiger partial charge on any atom is 0.488 e. The molecule has 4 atom stereocenters. The van der Waals surface area contributed by atoms with Crippen molar-refractivity contribution in [3.05, 3.63) is 181 Å². The van der Waals surface area contributed by atoms with Crippen molar-refractivity contribution in [2.75, 3.05) is 9.80 Å². The molecule has 4 heterocycles. The molecule has 0 bridgehead atoms. The van der Waals surface area contributed by atoms with E-state index in [4.69, 9.17) is 10.0 Å². The summed E-state index contributed by atoms with van der Waals surface area (Å²) < 4.78 is 55.9. The fourth-order valence-electron chi connectivity index (χ4n) is 8.64. The van der Waals surface area contributed by atoms with Crippen LogP contribution < -0.4 is 25.9 Å². The van der Waals surface area contributed by atoms with E-state index in [0.29, 0.717) is 30.7 Å². The molecule has 2 aliphatic rings. The van der Waals surface area contributed by atoms with Gasteiger partial charge in [0.2, 0.25) is 11.8 Å². The van der Waals surface area contributed by atoms with Gasteiger partial charge in [-0.3, -0.25) is 24.3 Å². The van der Waals surface area contributed by atoms with Crippen molar-refractivity contribution in [3.63, 3.8) is 0 Å². The Morgan fingerprint density at radius 3 is 1.52 bits per heavy atom. The quantitative estimate of drug-likeness (QED) is 0.0704. The van der Waals surface area contributed by atoms with Crippen LogP contribution in [0, 0.1) is 0 Å². The lowest BCUT2D eigenvalue weighted by atomic mass is 9.81. The van der Waals surface area contributed by atoms with E-state index in [-0.39, 0.29) is 24.7 Å². The highest BCUT2D eigenvalue weighted by Crippen LogP contribution is 2.40. The summed E-state index contributed by atoms with van der Waals surface area (Å²) in [7, 11) is -1.34. The summed E-state index contributed by atoms with van der Waals surface area (Å²) in [6.45, 7) is 1.09. The van der Waals surface area contributed by atoms with Gasteiger partial charge in [-0.05, 0) is 65.1 Å². The smallest absolute Gasteiger partial charge is 0.423 e. The standard InChI is InChI=1S/C26H22F2N4O2.C20H18F2N4O2.C6H7BO2/c1-26(27,28)25(34)30-21-15-23(33)31(24(21)17-8-4-2-5-9-17)20-12-13-22-18(14-20)16-29-32(22)19-10-6-3-7-11-19;1-20(21,22)19(28)24-16-10-17(27)26(18(16)12-5-3-2-4-6-12)14-7-8-15-13(9-14)11-23-25-15;8-7(9)6-4-2-1-3-5-6/h2-14,16,21,24H,15H2,1H3,(H,30,34);2-9,11,16,18H,10H2,1H3,(H,23,25)(H,24,28);1-5,8-9H/t21-,24?;16-,18?;/m00./s1. The number of aromatic amines is 1. The molecule has 0 saturated carbocycles. The molecule has 0 aliphatic carbocycles. The van der Waals surface area contributed by atoms with Gasteiger partial charge in [-0.25, -0.2) is 4.68 Å². The summed E-state index contributed by atoms with van der Waals surface area (Å²) in [5.74, 6) is -10.4. The Kier molecular flexibility index (Phi) is 14.5. The van der Waals surface area contributed by atoms with Crippen LogP contribution in [0.1, 0.15) is 49.9 Å². The zero-order valence-electron chi connectivity index (χ0n) is 38.2. The number of anilines is 2. The van der Waals surface area contributed by atoms with Gasteiger partial charge in [0.05, 0.1) is 53.3 Å². The largest absolute Gasteiger partial charge is 0.488 e. The zero-order chi connectivity index (χ0) is 50.5. The lowest BCUT2D eigenvalue weighted by molar-refractivity contribution is -0.144. The summed E-state index contributed by atoms with van der Waals surface area (Å²) in [6, 6.07) is 44.7. The second kappa shape index (κ2) is 20.8. The Bertz CT molecular complexity index is 3140. The molecule has 10 rings (SSSR count). The number of halogens is 4. The second-order valence-corrected chi connectivity index (χ2v) is 17.1. The molecule has 0 spiro atoms. The Labute approximate surface area is 405 Å². The lowest BCUT2D eigenvalue weighted by Crippen LogP contribution is -2.46. The number of alkyl halides is 4. The number of hydrogen-bond donors (Lipinski definition) is 5. The molecule has 19 heteroatoms. The molecular weight excluding hydrogens is 919 g/mol. The highest BCUT2D eigenvalue weighted by molar-refractivity contribution is 6.58. The molecule has 2 aliphatic heterocycles. The molecule has 71 heavy (non-hydrogen) atoms. The summed E-state index contributed by atoms with van der Waals surface area (Å²) >= 11 is 0. The van der Waals surface area contributed by atoms with E-state index in [1.807, 2.05) is 126 Å². The van der Waals surface area contributed by atoms with Crippen LogP contribution in [0.4, 0.5) is 28.9 Å². The fraction of sp³-hybridized carbons (Fsp3) is 0.192. The third-order valence-electron chi connectivity index (χ3n) is 12.0. The maximum atomic E-state index is 13.6. The lowest BCUT2D eigenvalue weighted by Gasteiger charge is -2.29. The van der Waals surface area contributed by atoms with Gasteiger partial charge in [-0.2, -0.15) is 27.8 Å². The van der Waals surface area contributed by atoms with E-state index in [2.05, 4.69) is 25.9 Å². The minimum absolute atomic E-state index is 0.0647. The number of nitrogens with one attached hydrogen (secondary N) is 3. The van der Waals surface area contributed by atoms with Gasteiger partial charge in [0, 0.05) is 48.8 Å². The third kappa shape index (κ3) is 11.2. The van der Waals surface area contributed by atoms with Gasteiger partial charge in [0.25, 0.3) is 11.8 Å². The molecule has 2 saturated heterocycles. The van der Waals surface area contributed by atoms with Crippen molar-refractivity contribution in [3.8, 4) is 5.69 Å². The summed E-state index contributed by atoms with van der Waals surface area (Å²) in [5.41, 5.74) is 5.86. The van der Waals surface area contributed by atoms with E-state index >= 15 is 0 Å². The average Bonchev–Trinajstić information content (AvgIpc) is 4.16. The van der Waals surface area contributed by atoms with Crippen molar-refractivity contribution in [2.24, 2.45) is 0 Å². The predicted octanol–water partition coefficient (Wildman–Crippen LogP) is 7.19. The normalized spacial score (nSPS) is 17.9. The Balaban J connectivity index is 0.000000164. The number of carbonyl (C=O) groups excluding carboxylic acids is 4. The number of benzene rings is 6. The Morgan fingerprint density at radius 2 is 1.06 bits per heavy atom. The molecule has 14 nitrogen and oxygen atoms in total. The van der Waals surface area contributed by atoms with E-state index in [1.165, 1.54) is 0 Å². The first-order valence-electron chi connectivity index (χ1n) is 22.5. The van der Waals surface area contributed by atoms with E-state index in [1.54, 1.807) is 58.6 Å². The SMILES string of the molecule is CC(F)(F)C(=O)N[C@H]1CC(=O)N(c2ccc3[nH]ncc3c2)C1c1ccccc1.CC(F)(F)C(=O)N[C@H]1CC(=O)N(c2ccc3c(cnn3-c3ccccc3)c2)C1c1ccccc1.OB(O)c1ccccc1. The molecule has 2 fully saturated rings. The molecule has 5 N–H and O–H groups in total. The monoisotopic (exact) mass is 966 g/mol. The van der Waals surface area contributed by atoms with Gasteiger partial charge >= 0.3 is 19.0 Å². The van der Waals surface area contributed by atoms with E-state index in [0.717, 1.165) is 38.6 Å². The van der Waals surface area contributed by atoms with Crippen molar-refractivity contribution in [1.29, 1.82) is 0 Å². The summed E-state index contributed by atoms with van der Waals surface area (Å²) in [5, 5.41) is 34.9. The first-order valence-corrected chi connectivity index (χ1v) is 22.5. The highest BCUT2D eigenvalue weighted by atomic mass is 19.3. The Hall–Kier alpha value is -8.16. The number of para-hydroxylation sites is 1. The average molecular weight is 967 g/mol. The van der Waals surface area contributed by atoms with E-state index in [9.17, 15) is 36.7 Å². The minimum Gasteiger partial charge on any atom is -0.423 e. The van der Waals surface area contributed by atoms with Crippen LogP contribution in [0.3, 0.4) is 0 Å². The third-order valence-corrected chi connectivity index (χ3v) is 12.0. The van der Waals surface area contributed by atoms with Crippen LogP contribution in [-0.2, 0) is 19.2 Å². The van der Waals surface area contributed by atoms with Gasteiger partial charge in [-0.15, -0.1) is 0 Å². The number of H-pyrrole nitrogens is 1. The second-order valence-electron chi connectivity index (χ2n) is 17.1. The van der Waals surface area contributed by atoms with Gasteiger partial charge in [0.1, 0.15) is 0 Å². The number of carbonyl (C=O) groups is 4. The number of amides is 4. The number of hydrogen-bond acceptors (Lipinski definition) is 8. The van der Waals surface area contributed by atoms with Crippen LogP contribution in [0.5, 0.6) is 0 Å². The van der Waals surface area contributed by atoms with Crippen LogP contribution in [0.15, 0.2) is 170 Å². The highest BCUT2D eigenvalue weighted by Gasteiger charge is 2.46. The van der Waals surface area contributed by atoms with Crippen molar-refractivity contribution >= 4 is 69.4 Å². The van der Waals surface area contributed by atoms with Gasteiger partial charge in [-0.1, -0.05) is 109 Å². The summed E-state index contributed by atoms with van der Waals surface area (Å²) in [6.07, 6.45) is 3.22. The first kappa shape index (κ1) is 49.3. The Morgan fingerprint density at radius 1 is 0.606 bits per heavy atom. The van der Waals surface area contributed by atoms with Crippen LogP contribution >= 0.6 is 0 Å². The molecule has 2 aromatic heterocycles. The van der Waals surface area contributed by atoms with Gasteiger partial charge < -0.3 is 30.5 Å². The number of fused-ring (bicyclic) bond motifs is 2. The van der Waals surface area contributed by atoms with Crippen LogP contribution in [-0.4, -0.2) is 84.7 Å². The van der Waals surface area contributed by atoms with Crippen molar-refractivity contribution in [2.45, 2.75) is 62.7 Å². The van der Waals surface area contributed by atoms with Gasteiger partial charge in [0.15, 0.2) is 0 Å².